The molecule has 0 aliphatic carbocycles. The minimum Gasteiger partial charge on any atom is -0.238 e. The lowest BCUT2D eigenvalue weighted by Crippen LogP contribution is -1.77. The van der Waals surface area contributed by atoms with Gasteiger partial charge in [0.05, 0.1) is 6.57 Å². The first-order valence-corrected chi connectivity index (χ1v) is 6.50. The zero-order valence-electron chi connectivity index (χ0n) is 11.0. The second kappa shape index (κ2) is 5.42. The molecule has 0 spiro atoms. The maximum absolute atomic E-state index is 6.95. The van der Waals surface area contributed by atoms with Crippen LogP contribution in [0, 0.1) is 6.57 Å². The van der Waals surface area contributed by atoms with Crippen LogP contribution in [-0.4, -0.2) is 0 Å². The van der Waals surface area contributed by atoms with E-state index in [0.717, 1.165) is 5.56 Å². The number of nitrogens with zero attached hydrogens (tertiary/aromatic N) is 1. The van der Waals surface area contributed by atoms with Crippen LogP contribution < -0.4 is 0 Å². The molecule has 3 rings (SSSR count). The molecule has 0 unspecified atom stereocenters. The van der Waals surface area contributed by atoms with Crippen molar-refractivity contribution in [1.29, 1.82) is 0 Å². The van der Waals surface area contributed by atoms with Gasteiger partial charge < -0.3 is 0 Å². The van der Waals surface area contributed by atoms with Crippen molar-refractivity contribution >= 4 is 28.6 Å². The van der Waals surface area contributed by atoms with Crippen LogP contribution in [0.5, 0.6) is 0 Å². The normalized spacial score (nSPS) is 10.8. The average molecular weight is 255 g/mol. The predicted octanol–water partition coefficient (Wildman–Crippen LogP) is 5.56. The molecule has 0 atom stereocenters. The van der Waals surface area contributed by atoms with Crippen molar-refractivity contribution in [3.05, 3.63) is 89.3 Å². The van der Waals surface area contributed by atoms with Crippen LogP contribution in [-0.2, 0) is 0 Å². The molecule has 0 saturated heterocycles. The third-order valence-electron chi connectivity index (χ3n) is 3.30. The molecular formula is C19H13N. The van der Waals surface area contributed by atoms with Gasteiger partial charge in [-0.05, 0) is 21.9 Å². The molecule has 0 aromatic heterocycles. The van der Waals surface area contributed by atoms with Gasteiger partial charge in [-0.25, -0.2) is 4.85 Å². The first-order chi connectivity index (χ1) is 9.86. The largest absolute Gasteiger partial charge is 0.238 e. The lowest BCUT2D eigenvalue weighted by atomic mass is 10.0. The van der Waals surface area contributed by atoms with Crippen LogP contribution in [0.1, 0.15) is 11.1 Å². The molecule has 1 heteroatoms. The number of rotatable bonds is 2. The van der Waals surface area contributed by atoms with Gasteiger partial charge in [0.15, 0.2) is 5.69 Å². The molecule has 0 saturated carbocycles. The number of fused-ring (bicyclic) bond motifs is 1. The molecule has 3 aromatic carbocycles. The number of hydrogen-bond acceptors (Lipinski definition) is 0. The Hall–Kier alpha value is -2.85. The fourth-order valence-corrected chi connectivity index (χ4v) is 2.24. The Morgan fingerprint density at radius 1 is 0.750 bits per heavy atom. The van der Waals surface area contributed by atoms with Crippen LogP contribution in [0.25, 0.3) is 27.8 Å². The molecule has 94 valence electrons. The molecule has 0 bridgehead atoms. The van der Waals surface area contributed by atoms with E-state index in [9.17, 15) is 0 Å². The molecule has 0 heterocycles. The summed E-state index contributed by atoms with van der Waals surface area (Å²) >= 11 is 0. The Morgan fingerprint density at radius 2 is 1.50 bits per heavy atom. The number of hydrogen-bond donors (Lipinski definition) is 0. The lowest BCUT2D eigenvalue weighted by molar-refractivity contribution is 1.67. The molecule has 0 fully saturated rings. The van der Waals surface area contributed by atoms with Gasteiger partial charge in [-0.2, -0.15) is 0 Å². The zero-order valence-corrected chi connectivity index (χ0v) is 11.0. The van der Waals surface area contributed by atoms with E-state index in [1.807, 2.05) is 24.3 Å². The highest BCUT2D eigenvalue weighted by atomic mass is 14.6. The van der Waals surface area contributed by atoms with Gasteiger partial charge in [-0.15, -0.1) is 0 Å². The van der Waals surface area contributed by atoms with E-state index < -0.39 is 0 Å². The summed E-state index contributed by atoms with van der Waals surface area (Å²) in [6.45, 7) is 6.95. The fourth-order valence-electron chi connectivity index (χ4n) is 2.24. The maximum Gasteiger partial charge on any atom is 0.187 e. The third-order valence-corrected chi connectivity index (χ3v) is 3.30. The summed E-state index contributed by atoms with van der Waals surface area (Å²) in [7, 11) is 0. The Balaban J connectivity index is 1.96. The fraction of sp³-hybridized carbons (Fsp3) is 0. The summed E-state index contributed by atoms with van der Waals surface area (Å²) in [4.78, 5) is 3.40. The maximum atomic E-state index is 6.95. The van der Waals surface area contributed by atoms with Gasteiger partial charge in [0.2, 0.25) is 0 Å². The van der Waals surface area contributed by atoms with Gasteiger partial charge >= 0.3 is 0 Å². The van der Waals surface area contributed by atoms with Crippen molar-refractivity contribution < 1.29 is 0 Å². The van der Waals surface area contributed by atoms with Crippen LogP contribution in [0.2, 0.25) is 0 Å². The SMILES string of the molecule is [C-]#[N+]c1ccc(C=Cc2cccc3ccccc23)cc1. The van der Waals surface area contributed by atoms with Crippen LogP contribution in [0.4, 0.5) is 5.69 Å². The van der Waals surface area contributed by atoms with Gasteiger partial charge in [0.1, 0.15) is 0 Å². The first-order valence-electron chi connectivity index (χ1n) is 6.50. The second-order valence-corrected chi connectivity index (χ2v) is 4.61. The summed E-state index contributed by atoms with van der Waals surface area (Å²) in [5.74, 6) is 0. The summed E-state index contributed by atoms with van der Waals surface area (Å²) < 4.78 is 0. The molecular weight excluding hydrogens is 242 g/mol. The smallest absolute Gasteiger partial charge is 0.187 e. The van der Waals surface area contributed by atoms with Crippen molar-refractivity contribution in [1.82, 2.24) is 0 Å². The summed E-state index contributed by atoms with van der Waals surface area (Å²) in [5, 5.41) is 2.50. The van der Waals surface area contributed by atoms with Crippen molar-refractivity contribution in [2.45, 2.75) is 0 Å². The monoisotopic (exact) mass is 255 g/mol. The van der Waals surface area contributed by atoms with Gasteiger partial charge in [-0.3, -0.25) is 0 Å². The Kier molecular flexibility index (Phi) is 3.31. The average Bonchev–Trinajstić information content (AvgIpc) is 2.53. The topological polar surface area (TPSA) is 4.36 Å². The van der Waals surface area contributed by atoms with E-state index in [1.165, 1.54) is 16.3 Å². The van der Waals surface area contributed by atoms with Gasteiger partial charge in [-0.1, -0.05) is 78.9 Å². The van der Waals surface area contributed by atoms with Gasteiger partial charge in [0.25, 0.3) is 0 Å². The molecule has 0 N–H and O–H groups in total. The Bertz CT molecular complexity index is 800. The standard InChI is InChI=1S/C19H13N/c1-20-18-13-10-15(11-14-18)9-12-17-7-4-6-16-5-2-3-8-19(16)17/h2-14H. The molecule has 0 amide bonds. The van der Waals surface area contributed by atoms with Crippen molar-refractivity contribution in [3.8, 4) is 0 Å². The highest BCUT2D eigenvalue weighted by molar-refractivity contribution is 5.92. The molecule has 20 heavy (non-hydrogen) atoms. The predicted molar refractivity (Wildman–Crippen MR) is 85.6 cm³/mol. The Labute approximate surface area is 118 Å². The third kappa shape index (κ3) is 2.46. The molecule has 0 aliphatic heterocycles. The first kappa shape index (κ1) is 12.2. The second-order valence-electron chi connectivity index (χ2n) is 4.61. The van der Waals surface area contributed by atoms with Crippen molar-refractivity contribution in [3.63, 3.8) is 0 Å². The minimum atomic E-state index is 0.673. The molecule has 1 nitrogen and oxygen atoms in total. The van der Waals surface area contributed by atoms with E-state index in [0.29, 0.717) is 5.69 Å². The van der Waals surface area contributed by atoms with Crippen molar-refractivity contribution in [2.24, 2.45) is 0 Å². The Morgan fingerprint density at radius 3 is 2.30 bits per heavy atom. The van der Waals surface area contributed by atoms with Crippen LogP contribution >= 0.6 is 0 Å². The van der Waals surface area contributed by atoms with E-state index in [1.54, 1.807) is 0 Å². The highest BCUT2D eigenvalue weighted by Crippen LogP contribution is 2.21. The summed E-state index contributed by atoms with van der Waals surface area (Å²) in [6, 6.07) is 22.3. The van der Waals surface area contributed by atoms with Crippen LogP contribution in [0.3, 0.4) is 0 Å². The molecule has 0 radical (unpaired) electrons. The minimum absolute atomic E-state index is 0.673. The van der Waals surface area contributed by atoms with E-state index >= 15 is 0 Å². The summed E-state index contributed by atoms with van der Waals surface area (Å²) in [5.41, 5.74) is 2.98. The summed E-state index contributed by atoms with van der Waals surface area (Å²) in [6.07, 6.45) is 4.20. The molecule has 0 aliphatic rings. The zero-order chi connectivity index (χ0) is 13.8. The van der Waals surface area contributed by atoms with Crippen LogP contribution in [0.15, 0.2) is 66.7 Å². The van der Waals surface area contributed by atoms with E-state index in [4.69, 9.17) is 6.57 Å². The quantitative estimate of drug-likeness (QED) is 0.417. The lowest BCUT2D eigenvalue weighted by Gasteiger charge is -2.01. The van der Waals surface area contributed by atoms with Crippen molar-refractivity contribution in [2.75, 3.05) is 0 Å². The molecule has 3 aromatic rings. The van der Waals surface area contributed by atoms with E-state index in [2.05, 4.69) is 59.5 Å². The highest BCUT2D eigenvalue weighted by Gasteiger charge is 1.96. The van der Waals surface area contributed by atoms with E-state index in [-0.39, 0.29) is 0 Å². The van der Waals surface area contributed by atoms with Gasteiger partial charge in [0, 0.05) is 0 Å². The number of benzene rings is 3.